The molecule has 5 heteroatoms. The van der Waals surface area contributed by atoms with Crippen molar-refractivity contribution in [2.45, 2.75) is 6.92 Å². The average Bonchev–Trinajstić information content (AvgIpc) is 2.13. The summed E-state index contributed by atoms with van der Waals surface area (Å²) in [4.78, 5) is 4.51. The van der Waals surface area contributed by atoms with Gasteiger partial charge in [0.2, 0.25) is 9.26 Å². The van der Waals surface area contributed by atoms with E-state index in [1.165, 1.54) is 5.55 Å². The molecular weight excluding hydrogens is 158 g/mol. The summed E-state index contributed by atoms with van der Waals surface area (Å²) in [6, 6.07) is 0. The van der Waals surface area contributed by atoms with Crippen LogP contribution in [0.4, 0.5) is 0 Å². The van der Waals surface area contributed by atoms with Gasteiger partial charge in [-0.15, -0.1) is 0 Å². The second kappa shape index (κ2) is 2.45. The van der Waals surface area contributed by atoms with Gasteiger partial charge < -0.3 is 0 Å². The number of rotatable bonds is 0. The van der Waals surface area contributed by atoms with Crippen LogP contribution in [0.25, 0.3) is 0 Å². The minimum absolute atomic E-state index is 0.738. The topological polar surface area (TPSA) is 46.5 Å². The van der Waals surface area contributed by atoms with Gasteiger partial charge >= 0.3 is 0 Å². The number of aliphatic imine (C=N–C) groups is 1. The molecule has 0 N–H and O–H groups in total. The Morgan fingerprint density at radius 2 is 2.33 bits per heavy atom. The Morgan fingerprint density at radius 1 is 1.67 bits per heavy atom. The Balaban J connectivity index is 3.32. The van der Waals surface area contributed by atoms with Gasteiger partial charge in [0, 0.05) is 20.6 Å². The predicted molar refractivity (Wildman–Crippen MR) is 38.5 cm³/mol. The van der Waals surface area contributed by atoms with Crippen molar-refractivity contribution in [1.29, 1.82) is 0 Å². The Labute approximate surface area is 56.2 Å². The van der Waals surface area contributed by atoms with Crippen LogP contribution >= 0.6 is 0 Å². The second-order valence-corrected chi connectivity index (χ2v) is 5.25. The predicted octanol–water partition coefficient (Wildman–Crippen LogP) is 0.302. The molecule has 0 fully saturated rings. The molecule has 50 valence electrons. The summed E-state index contributed by atoms with van der Waals surface area (Å²) in [6.07, 6.45) is 1.57. The van der Waals surface area contributed by atoms with E-state index in [1.807, 2.05) is 0 Å². The smallest absolute Gasteiger partial charge is 0.250 e. The van der Waals surface area contributed by atoms with Crippen molar-refractivity contribution in [1.82, 2.24) is 0 Å². The molecule has 1 aliphatic heterocycles. The molecule has 0 bridgehead atoms. The van der Waals surface area contributed by atoms with Crippen LogP contribution in [-0.2, 0) is 18.7 Å². The molecule has 3 nitrogen and oxygen atoms in total. The van der Waals surface area contributed by atoms with Gasteiger partial charge in [-0.2, -0.15) is 8.42 Å². The van der Waals surface area contributed by atoms with Crippen LogP contribution in [0.1, 0.15) is 6.92 Å². The summed E-state index contributed by atoms with van der Waals surface area (Å²) in [5, 5.41) is 0. The highest BCUT2D eigenvalue weighted by molar-refractivity contribution is 8.42. The third-order valence-electron chi connectivity index (χ3n) is 0.877. The van der Waals surface area contributed by atoms with Crippen molar-refractivity contribution in [3.05, 3.63) is 11.1 Å². The summed E-state index contributed by atoms with van der Waals surface area (Å²) in [6.45, 7) is 1.76. The number of hydrogen-bond donors (Lipinski definition) is 0. The summed E-state index contributed by atoms with van der Waals surface area (Å²) in [7, 11) is -2.75. The van der Waals surface area contributed by atoms with Gasteiger partial charge in [-0.05, 0) is 6.92 Å². The molecule has 0 aromatic heterocycles. The van der Waals surface area contributed by atoms with E-state index < -0.39 is 18.7 Å². The molecule has 0 aromatic rings. The first kappa shape index (κ1) is 6.70. The van der Waals surface area contributed by atoms with Gasteiger partial charge in [0.05, 0.1) is 5.55 Å². The quantitative estimate of drug-likeness (QED) is 0.515. The lowest BCUT2D eigenvalue weighted by molar-refractivity contribution is 0.628. The van der Waals surface area contributed by atoms with Crippen molar-refractivity contribution in [2.75, 3.05) is 0 Å². The van der Waals surface area contributed by atoms with E-state index >= 15 is 0 Å². The fraction of sp³-hybridized carbons (Fsp3) is 0.250. The lowest BCUT2D eigenvalue weighted by Crippen LogP contribution is -1.86. The van der Waals surface area contributed by atoms with Crippen molar-refractivity contribution < 1.29 is 8.42 Å². The molecule has 1 rings (SSSR count). The van der Waals surface area contributed by atoms with Gasteiger partial charge in [-0.25, -0.2) is 0 Å². The zero-order chi connectivity index (χ0) is 6.85. The first-order chi connectivity index (χ1) is 4.22. The van der Waals surface area contributed by atoms with E-state index in [0.717, 1.165) is 4.91 Å². The van der Waals surface area contributed by atoms with Gasteiger partial charge in [-0.3, -0.25) is 4.99 Å². The van der Waals surface area contributed by atoms with Crippen molar-refractivity contribution >= 4 is 24.3 Å². The summed E-state index contributed by atoms with van der Waals surface area (Å²) in [5.74, 6) is 0. The maximum Gasteiger partial charge on any atom is 0.250 e. The Hall–Kier alpha value is -0.420. The van der Waals surface area contributed by atoms with E-state index in [4.69, 9.17) is 0 Å². The number of nitrogens with zero attached hydrogens (tertiary/aromatic N) is 1. The molecule has 0 radical (unpaired) electrons. The summed E-state index contributed by atoms with van der Waals surface area (Å²) >= 11 is 0. The van der Waals surface area contributed by atoms with Crippen molar-refractivity contribution in [3.8, 4) is 0 Å². The Kier molecular flexibility index (Phi) is 1.82. The monoisotopic (exact) mass is 163 g/mol. The van der Waals surface area contributed by atoms with E-state index in [0.29, 0.717) is 0 Å². The number of allylic oxidation sites excluding steroid dienone is 1. The zero-order valence-corrected chi connectivity index (χ0v) is 6.37. The van der Waals surface area contributed by atoms with Gasteiger partial charge in [0.15, 0.2) is 0 Å². The van der Waals surface area contributed by atoms with Crippen LogP contribution in [0.2, 0.25) is 0 Å². The standard InChI is InChI=1S/C4H5NO2S2/c1-4-2-5-3-8(4)9(6)7/h2-3H,1H3. The highest BCUT2D eigenvalue weighted by Gasteiger charge is 2.01. The average molecular weight is 163 g/mol. The van der Waals surface area contributed by atoms with E-state index in [1.54, 1.807) is 13.1 Å². The van der Waals surface area contributed by atoms with Gasteiger partial charge in [-0.1, -0.05) is 0 Å². The molecule has 1 atom stereocenters. The minimum atomic E-state index is -2.01. The summed E-state index contributed by atoms with van der Waals surface area (Å²) in [5.41, 5.74) is 1.44. The minimum Gasteiger partial charge on any atom is -0.256 e. The van der Waals surface area contributed by atoms with Crippen LogP contribution in [0.15, 0.2) is 16.1 Å². The molecule has 9 heavy (non-hydrogen) atoms. The van der Waals surface area contributed by atoms with Crippen molar-refractivity contribution in [2.24, 2.45) is 4.99 Å². The lowest BCUT2D eigenvalue weighted by atomic mass is 10.7. The van der Waals surface area contributed by atoms with Crippen LogP contribution in [0.5, 0.6) is 0 Å². The van der Waals surface area contributed by atoms with Crippen LogP contribution in [0, 0.1) is 0 Å². The van der Waals surface area contributed by atoms with Crippen LogP contribution < -0.4 is 0 Å². The molecule has 1 aliphatic rings. The highest BCUT2D eigenvalue weighted by atomic mass is 32.9. The second-order valence-electron chi connectivity index (χ2n) is 1.50. The Bertz CT molecular complexity index is 301. The largest absolute Gasteiger partial charge is 0.256 e. The molecule has 0 spiro atoms. The normalized spacial score (nSPS) is 24.1. The maximum absolute atomic E-state index is 10.3. The van der Waals surface area contributed by atoms with Crippen LogP contribution in [-0.4, -0.2) is 14.0 Å². The first-order valence-electron chi connectivity index (χ1n) is 2.24. The molecular formula is C4H5NO2S2. The van der Waals surface area contributed by atoms with Gasteiger partial charge in [0.25, 0.3) is 0 Å². The molecule has 0 aliphatic carbocycles. The van der Waals surface area contributed by atoms with E-state index in [9.17, 15) is 8.42 Å². The fourth-order valence-electron chi connectivity index (χ4n) is 0.468. The SMILES string of the molecule is CC1=CN=CS1=S(=O)=O. The molecule has 0 aromatic carbocycles. The third-order valence-corrected chi connectivity index (χ3v) is 4.15. The number of hydrogen-bond acceptors (Lipinski definition) is 3. The van der Waals surface area contributed by atoms with E-state index in [-0.39, 0.29) is 0 Å². The fourth-order valence-corrected chi connectivity index (χ4v) is 2.39. The third kappa shape index (κ3) is 1.28. The van der Waals surface area contributed by atoms with E-state index in [2.05, 4.69) is 4.99 Å². The summed E-state index contributed by atoms with van der Waals surface area (Å²) < 4.78 is 20.6. The molecule has 0 amide bonds. The highest BCUT2D eigenvalue weighted by Crippen LogP contribution is 2.05. The van der Waals surface area contributed by atoms with Gasteiger partial charge in [0.1, 0.15) is 0 Å². The molecule has 1 unspecified atom stereocenters. The lowest BCUT2D eigenvalue weighted by Gasteiger charge is -1.83. The zero-order valence-electron chi connectivity index (χ0n) is 4.73. The Morgan fingerprint density at radius 3 is 2.56 bits per heavy atom. The molecule has 0 saturated heterocycles. The van der Waals surface area contributed by atoms with Crippen molar-refractivity contribution in [3.63, 3.8) is 0 Å². The molecule has 1 heterocycles. The maximum atomic E-state index is 10.3. The van der Waals surface area contributed by atoms with Crippen LogP contribution in [0.3, 0.4) is 0 Å². The molecule has 0 saturated carbocycles. The first-order valence-corrected chi connectivity index (χ1v) is 5.12.